The van der Waals surface area contributed by atoms with Crippen molar-refractivity contribution in [2.75, 3.05) is 0 Å². The van der Waals surface area contributed by atoms with E-state index in [4.69, 9.17) is 15.7 Å². The Labute approximate surface area is 114 Å². The maximum atomic E-state index is 13.4. The number of nitrogens with zero attached hydrogens (tertiary/aromatic N) is 1. The van der Waals surface area contributed by atoms with E-state index in [1.165, 1.54) is 0 Å². The van der Waals surface area contributed by atoms with Crippen molar-refractivity contribution in [2.24, 2.45) is 10.9 Å². The third-order valence-electron chi connectivity index (χ3n) is 2.68. The number of oxime groups is 1. The molecule has 0 radical (unpaired) electrons. The fourth-order valence-corrected chi connectivity index (χ4v) is 1.69. The molecule has 0 aliphatic rings. The molecule has 0 saturated heterocycles. The van der Waals surface area contributed by atoms with Crippen LogP contribution < -0.4 is 10.5 Å². The van der Waals surface area contributed by atoms with Gasteiger partial charge in [0.15, 0.2) is 17.4 Å². The summed E-state index contributed by atoms with van der Waals surface area (Å²) >= 11 is 0. The summed E-state index contributed by atoms with van der Waals surface area (Å²) in [4.78, 5) is 0. The Bertz CT molecular complexity index is 645. The highest BCUT2D eigenvalue weighted by atomic mass is 19.1. The van der Waals surface area contributed by atoms with Crippen LogP contribution in [0.15, 0.2) is 47.6 Å². The predicted octanol–water partition coefficient (Wildman–Crippen LogP) is 2.64. The van der Waals surface area contributed by atoms with Gasteiger partial charge in [-0.2, -0.15) is 0 Å². The predicted molar refractivity (Wildman–Crippen MR) is 69.6 cm³/mol. The molecule has 0 unspecified atom stereocenters. The number of hydrogen-bond donors (Lipinski definition) is 2. The lowest BCUT2D eigenvalue weighted by atomic mass is 10.1. The molecule has 2 aromatic carbocycles. The maximum Gasteiger partial charge on any atom is 0.170 e. The molecule has 0 heterocycles. The summed E-state index contributed by atoms with van der Waals surface area (Å²) in [5, 5.41) is 11.6. The molecule has 0 bridgehead atoms. The van der Waals surface area contributed by atoms with Gasteiger partial charge in [-0.1, -0.05) is 29.4 Å². The summed E-state index contributed by atoms with van der Waals surface area (Å²) < 4.78 is 31.7. The van der Waals surface area contributed by atoms with E-state index >= 15 is 0 Å². The second-order valence-electron chi connectivity index (χ2n) is 4.01. The van der Waals surface area contributed by atoms with Crippen molar-refractivity contribution in [3.05, 3.63) is 65.2 Å². The minimum Gasteiger partial charge on any atom is -0.486 e. The number of amidine groups is 1. The van der Waals surface area contributed by atoms with Crippen molar-refractivity contribution >= 4 is 5.84 Å². The maximum absolute atomic E-state index is 13.4. The number of halogens is 2. The molecule has 4 nitrogen and oxygen atoms in total. The smallest absolute Gasteiger partial charge is 0.170 e. The molecule has 0 spiro atoms. The summed E-state index contributed by atoms with van der Waals surface area (Å²) in [6.45, 7) is -0.0350. The first-order valence-electron chi connectivity index (χ1n) is 5.75. The second kappa shape index (κ2) is 6.01. The normalized spacial score (nSPS) is 11.4. The van der Waals surface area contributed by atoms with Crippen LogP contribution in [0.5, 0.6) is 5.75 Å². The summed E-state index contributed by atoms with van der Waals surface area (Å²) in [6.07, 6.45) is 0. The van der Waals surface area contributed by atoms with Gasteiger partial charge >= 0.3 is 0 Å². The van der Waals surface area contributed by atoms with Crippen molar-refractivity contribution in [1.29, 1.82) is 0 Å². The van der Waals surface area contributed by atoms with Crippen molar-refractivity contribution in [3.63, 3.8) is 0 Å². The minimum atomic E-state index is -0.660. The standard InChI is InChI=1S/C14H12F2N2O2/c15-10-5-6-12(16)13(7-10)20-8-9-3-1-2-4-11(9)14(17)18-19/h1-7,19H,8H2,(H2,17,18). The van der Waals surface area contributed by atoms with Gasteiger partial charge in [0.05, 0.1) is 0 Å². The fraction of sp³-hybridized carbons (Fsp3) is 0.0714. The van der Waals surface area contributed by atoms with Gasteiger partial charge in [-0.15, -0.1) is 0 Å². The third kappa shape index (κ3) is 3.03. The van der Waals surface area contributed by atoms with Crippen molar-refractivity contribution in [2.45, 2.75) is 6.61 Å². The van der Waals surface area contributed by atoms with Gasteiger partial charge in [0.25, 0.3) is 0 Å². The summed E-state index contributed by atoms with van der Waals surface area (Å²) in [5.41, 5.74) is 6.58. The lowest BCUT2D eigenvalue weighted by Crippen LogP contribution is -2.16. The average Bonchev–Trinajstić information content (AvgIpc) is 2.47. The molecule has 3 N–H and O–H groups in total. The molecule has 20 heavy (non-hydrogen) atoms. The fourth-order valence-electron chi connectivity index (χ4n) is 1.69. The number of nitrogens with two attached hydrogens (primary N) is 1. The Kier molecular flexibility index (Phi) is 4.14. The van der Waals surface area contributed by atoms with Crippen molar-refractivity contribution in [1.82, 2.24) is 0 Å². The first-order chi connectivity index (χ1) is 9.61. The van der Waals surface area contributed by atoms with Crippen LogP contribution >= 0.6 is 0 Å². The molecule has 0 fully saturated rings. The Morgan fingerprint density at radius 2 is 1.95 bits per heavy atom. The van der Waals surface area contributed by atoms with Gasteiger partial charge < -0.3 is 15.7 Å². The van der Waals surface area contributed by atoms with E-state index in [0.717, 1.165) is 18.2 Å². The van der Waals surface area contributed by atoms with Gasteiger partial charge in [0.2, 0.25) is 0 Å². The van der Waals surface area contributed by atoms with Crippen LogP contribution in [0, 0.1) is 11.6 Å². The summed E-state index contributed by atoms with van der Waals surface area (Å²) in [6, 6.07) is 9.71. The summed E-state index contributed by atoms with van der Waals surface area (Å²) in [5.74, 6) is -1.53. The first-order valence-corrected chi connectivity index (χ1v) is 5.75. The van der Waals surface area contributed by atoms with E-state index in [1.807, 2.05) is 0 Å². The molecule has 0 saturated carbocycles. The zero-order chi connectivity index (χ0) is 14.5. The molecule has 6 heteroatoms. The lowest BCUT2D eigenvalue weighted by molar-refractivity contribution is 0.288. The van der Waals surface area contributed by atoms with Crippen LogP contribution in [-0.2, 0) is 6.61 Å². The number of ether oxygens (including phenoxy) is 1. The van der Waals surface area contributed by atoms with E-state index in [0.29, 0.717) is 11.1 Å². The first kappa shape index (κ1) is 13.8. The van der Waals surface area contributed by atoms with Crippen LogP contribution in [0.4, 0.5) is 8.78 Å². The molecule has 0 aliphatic heterocycles. The van der Waals surface area contributed by atoms with Crippen LogP contribution in [0.3, 0.4) is 0 Å². The lowest BCUT2D eigenvalue weighted by Gasteiger charge is -2.10. The highest BCUT2D eigenvalue weighted by Gasteiger charge is 2.09. The van der Waals surface area contributed by atoms with Gasteiger partial charge in [-0.3, -0.25) is 0 Å². The molecule has 2 aromatic rings. The quantitative estimate of drug-likeness (QED) is 0.391. The molecule has 104 valence electrons. The number of rotatable bonds is 4. The highest BCUT2D eigenvalue weighted by Crippen LogP contribution is 2.20. The molecule has 0 aromatic heterocycles. The summed E-state index contributed by atoms with van der Waals surface area (Å²) in [7, 11) is 0. The average molecular weight is 278 g/mol. The molecule has 0 atom stereocenters. The van der Waals surface area contributed by atoms with Gasteiger partial charge in [-0.25, -0.2) is 8.78 Å². The minimum absolute atomic E-state index is 0.0350. The monoisotopic (exact) mass is 278 g/mol. The topological polar surface area (TPSA) is 67.8 Å². The van der Waals surface area contributed by atoms with E-state index in [2.05, 4.69) is 5.16 Å². The van der Waals surface area contributed by atoms with Gasteiger partial charge in [0.1, 0.15) is 12.4 Å². The Hall–Kier alpha value is -2.63. The van der Waals surface area contributed by atoms with Gasteiger partial charge in [0, 0.05) is 17.2 Å². The number of benzene rings is 2. The van der Waals surface area contributed by atoms with Crippen LogP contribution in [-0.4, -0.2) is 11.0 Å². The molecular formula is C14H12F2N2O2. The molecule has 0 amide bonds. The number of hydrogen-bond acceptors (Lipinski definition) is 3. The molecule has 2 rings (SSSR count). The van der Waals surface area contributed by atoms with Crippen LogP contribution in [0.1, 0.15) is 11.1 Å². The van der Waals surface area contributed by atoms with E-state index in [9.17, 15) is 8.78 Å². The Morgan fingerprint density at radius 3 is 2.70 bits per heavy atom. The highest BCUT2D eigenvalue weighted by molar-refractivity contribution is 5.98. The zero-order valence-electron chi connectivity index (χ0n) is 10.4. The van der Waals surface area contributed by atoms with E-state index in [-0.39, 0.29) is 18.2 Å². The second-order valence-corrected chi connectivity index (χ2v) is 4.01. The van der Waals surface area contributed by atoms with Crippen molar-refractivity contribution in [3.8, 4) is 5.75 Å². The Balaban J connectivity index is 2.21. The molecular weight excluding hydrogens is 266 g/mol. The Morgan fingerprint density at radius 1 is 1.20 bits per heavy atom. The van der Waals surface area contributed by atoms with Gasteiger partial charge in [-0.05, 0) is 12.1 Å². The van der Waals surface area contributed by atoms with Crippen molar-refractivity contribution < 1.29 is 18.7 Å². The SMILES string of the molecule is NC(=NO)c1ccccc1COc1cc(F)ccc1F. The third-order valence-corrected chi connectivity index (χ3v) is 2.68. The van der Waals surface area contributed by atoms with Crippen LogP contribution in [0.2, 0.25) is 0 Å². The van der Waals surface area contributed by atoms with E-state index < -0.39 is 11.6 Å². The zero-order valence-corrected chi connectivity index (χ0v) is 10.4. The van der Waals surface area contributed by atoms with E-state index in [1.54, 1.807) is 24.3 Å². The van der Waals surface area contributed by atoms with Crippen LogP contribution in [0.25, 0.3) is 0 Å². The molecule has 0 aliphatic carbocycles. The largest absolute Gasteiger partial charge is 0.486 e.